The molecule has 0 fully saturated rings. The Bertz CT molecular complexity index is 390. The van der Waals surface area contributed by atoms with E-state index in [9.17, 15) is 5.11 Å². The van der Waals surface area contributed by atoms with Crippen molar-refractivity contribution in [1.29, 1.82) is 0 Å². The van der Waals surface area contributed by atoms with Crippen LogP contribution in [-0.2, 0) is 16.1 Å². The van der Waals surface area contributed by atoms with Gasteiger partial charge in [-0.3, -0.25) is 0 Å². The number of pyridine rings is 1. The summed E-state index contributed by atoms with van der Waals surface area (Å²) in [6, 6.07) is 1.95. The molecule has 0 aliphatic rings. The number of nitrogens with zero attached hydrogens (tertiary/aromatic N) is 2. The minimum Gasteiger partial charge on any atom is -0.392 e. The number of anilines is 1. The van der Waals surface area contributed by atoms with Crippen LogP contribution in [0.2, 0.25) is 5.02 Å². The number of hydrogen-bond acceptors (Lipinski definition) is 5. The maximum atomic E-state index is 9.26. The van der Waals surface area contributed by atoms with E-state index in [0.29, 0.717) is 30.3 Å². The van der Waals surface area contributed by atoms with Crippen LogP contribution in [0.15, 0.2) is 12.3 Å². The Morgan fingerprint density at radius 3 is 2.74 bits per heavy atom. The Kier molecular flexibility index (Phi) is 7.09. The lowest BCUT2D eigenvalue weighted by Crippen LogP contribution is -2.39. The fourth-order valence-electron chi connectivity index (χ4n) is 1.83. The molecular weight excluding hydrogens is 268 g/mol. The second kappa shape index (κ2) is 8.32. The Morgan fingerprint density at radius 1 is 1.42 bits per heavy atom. The first-order valence-electron chi connectivity index (χ1n) is 6.13. The van der Waals surface area contributed by atoms with Crippen molar-refractivity contribution in [2.24, 2.45) is 0 Å². The van der Waals surface area contributed by atoms with Crippen molar-refractivity contribution < 1.29 is 14.6 Å². The third-order valence-corrected chi connectivity index (χ3v) is 3.20. The van der Waals surface area contributed by atoms with Crippen LogP contribution >= 0.6 is 11.6 Å². The van der Waals surface area contributed by atoms with E-state index in [2.05, 4.69) is 9.88 Å². The second-order valence-corrected chi connectivity index (χ2v) is 4.69. The molecule has 1 N–H and O–H groups in total. The number of rotatable bonds is 8. The standard InChI is InChI=1S/C13H21ClN2O3/c1-10(9-19-3)16(4-5-18-2)13-6-11(8-17)12(14)7-15-13/h6-7,10,17H,4-5,8-9H2,1-3H3. The molecule has 0 radical (unpaired) electrons. The second-order valence-electron chi connectivity index (χ2n) is 4.28. The lowest BCUT2D eigenvalue weighted by Gasteiger charge is -2.30. The third-order valence-electron chi connectivity index (χ3n) is 2.86. The summed E-state index contributed by atoms with van der Waals surface area (Å²) in [4.78, 5) is 6.39. The number of ether oxygens (including phenoxy) is 2. The Balaban J connectivity index is 2.95. The summed E-state index contributed by atoms with van der Waals surface area (Å²) in [6.45, 7) is 3.81. The Morgan fingerprint density at radius 2 is 2.16 bits per heavy atom. The molecule has 0 aromatic carbocycles. The van der Waals surface area contributed by atoms with Gasteiger partial charge in [0.15, 0.2) is 0 Å². The first kappa shape index (κ1) is 16.2. The summed E-state index contributed by atoms with van der Waals surface area (Å²) in [5.74, 6) is 0.759. The summed E-state index contributed by atoms with van der Waals surface area (Å²) in [6.07, 6.45) is 1.56. The predicted molar refractivity (Wildman–Crippen MR) is 75.7 cm³/mol. The lowest BCUT2D eigenvalue weighted by atomic mass is 10.2. The van der Waals surface area contributed by atoms with Crippen LogP contribution in [0.3, 0.4) is 0 Å². The molecule has 108 valence electrons. The van der Waals surface area contributed by atoms with Crippen LogP contribution in [0.1, 0.15) is 12.5 Å². The molecule has 0 spiro atoms. The largest absolute Gasteiger partial charge is 0.392 e. The fourth-order valence-corrected chi connectivity index (χ4v) is 1.99. The number of aliphatic hydroxyl groups is 1. The molecule has 1 aromatic heterocycles. The molecule has 19 heavy (non-hydrogen) atoms. The van der Waals surface area contributed by atoms with Crippen molar-refractivity contribution in [3.05, 3.63) is 22.8 Å². The summed E-state index contributed by atoms with van der Waals surface area (Å²) in [5, 5.41) is 9.73. The molecule has 0 aliphatic heterocycles. The van der Waals surface area contributed by atoms with Gasteiger partial charge in [-0.15, -0.1) is 0 Å². The van der Waals surface area contributed by atoms with Gasteiger partial charge in [0.2, 0.25) is 0 Å². The van der Waals surface area contributed by atoms with Gasteiger partial charge in [0.25, 0.3) is 0 Å². The van der Waals surface area contributed by atoms with Gasteiger partial charge in [0, 0.05) is 32.5 Å². The van der Waals surface area contributed by atoms with Crippen molar-refractivity contribution in [2.75, 3.05) is 38.9 Å². The molecule has 1 aromatic rings. The Labute approximate surface area is 119 Å². The molecule has 0 amide bonds. The quantitative estimate of drug-likeness (QED) is 0.789. The van der Waals surface area contributed by atoms with Gasteiger partial charge in [0.05, 0.1) is 30.9 Å². The third kappa shape index (κ3) is 4.62. The van der Waals surface area contributed by atoms with Crippen LogP contribution in [0.4, 0.5) is 5.82 Å². The van der Waals surface area contributed by atoms with Gasteiger partial charge in [-0.1, -0.05) is 11.6 Å². The zero-order chi connectivity index (χ0) is 14.3. The fraction of sp³-hybridized carbons (Fsp3) is 0.615. The molecule has 0 aliphatic carbocycles. The molecule has 1 rings (SSSR count). The number of aromatic nitrogens is 1. The highest BCUT2D eigenvalue weighted by Crippen LogP contribution is 2.22. The van der Waals surface area contributed by atoms with Crippen molar-refractivity contribution in [2.45, 2.75) is 19.6 Å². The highest BCUT2D eigenvalue weighted by atomic mass is 35.5. The van der Waals surface area contributed by atoms with E-state index in [-0.39, 0.29) is 12.6 Å². The summed E-state index contributed by atoms with van der Waals surface area (Å²) in [7, 11) is 3.33. The smallest absolute Gasteiger partial charge is 0.129 e. The van der Waals surface area contributed by atoms with E-state index in [0.717, 1.165) is 5.82 Å². The predicted octanol–water partition coefficient (Wildman–Crippen LogP) is 1.72. The van der Waals surface area contributed by atoms with E-state index < -0.39 is 0 Å². The van der Waals surface area contributed by atoms with Crippen molar-refractivity contribution >= 4 is 17.4 Å². The molecule has 0 bridgehead atoms. The van der Waals surface area contributed by atoms with E-state index in [1.807, 2.05) is 6.92 Å². The average Bonchev–Trinajstić information content (AvgIpc) is 2.41. The van der Waals surface area contributed by atoms with Crippen molar-refractivity contribution in [3.8, 4) is 0 Å². The normalized spacial score (nSPS) is 12.5. The zero-order valence-electron chi connectivity index (χ0n) is 11.6. The lowest BCUT2D eigenvalue weighted by molar-refractivity contribution is 0.170. The summed E-state index contributed by atoms with van der Waals surface area (Å²) < 4.78 is 10.3. The van der Waals surface area contributed by atoms with Crippen LogP contribution in [-0.4, -0.2) is 50.1 Å². The molecule has 1 atom stereocenters. The van der Waals surface area contributed by atoms with E-state index in [4.69, 9.17) is 21.1 Å². The molecule has 1 unspecified atom stereocenters. The van der Waals surface area contributed by atoms with Crippen LogP contribution in [0, 0.1) is 0 Å². The van der Waals surface area contributed by atoms with E-state index in [1.54, 1.807) is 26.5 Å². The SMILES string of the molecule is COCCN(c1cc(CO)c(Cl)cn1)C(C)COC. The summed E-state index contributed by atoms with van der Waals surface area (Å²) in [5.41, 5.74) is 0.665. The molecular formula is C13H21ClN2O3. The zero-order valence-corrected chi connectivity index (χ0v) is 12.4. The highest BCUT2D eigenvalue weighted by molar-refractivity contribution is 6.31. The number of hydrogen-bond donors (Lipinski definition) is 1. The van der Waals surface area contributed by atoms with Crippen LogP contribution in [0.25, 0.3) is 0 Å². The van der Waals surface area contributed by atoms with Crippen molar-refractivity contribution in [3.63, 3.8) is 0 Å². The van der Waals surface area contributed by atoms with Gasteiger partial charge >= 0.3 is 0 Å². The van der Waals surface area contributed by atoms with Gasteiger partial charge < -0.3 is 19.5 Å². The van der Waals surface area contributed by atoms with Crippen LogP contribution < -0.4 is 4.90 Å². The topological polar surface area (TPSA) is 54.8 Å². The van der Waals surface area contributed by atoms with Crippen molar-refractivity contribution in [1.82, 2.24) is 4.98 Å². The minimum atomic E-state index is -0.106. The van der Waals surface area contributed by atoms with Crippen LogP contribution in [0.5, 0.6) is 0 Å². The molecule has 6 heteroatoms. The minimum absolute atomic E-state index is 0.106. The Hall–Kier alpha value is -0.880. The van der Waals surface area contributed by atoms with E-state index >= 15 is 0 Å². The monoisotopic (exact) mass is 288 g/mol. The first-order chi connectivity index (χ1) is 9.13. The average molecular weight is 289 g/mol. The molecule has 0 saturated carbocycles. The van der Waals surface area contributed by atoms with E-state index in [1.165, 1.54) is 0 Å². The van der Waals surface area contributed by atoms with Gasteiger partial charge in [-0.2, -0.15) is 0 Å². The van der Waals surface area contributed by atoms with Gasteiger partial charge in [-0.25, -0.2) is 4.98 Å². The summed E-state index contributed by atoms with van der Waals surface area (Å²) >= 11 is 5.96. The molecule has 5 nitrogen and oxygen atoms in total. The van der Waals surface area contributed by atoms with Gasteiger partial charge in [0.1, 0.15) is 5.82 Å². The number of methoxy groups -OCH3 is 2. The molecule has 1 heterocycles. The van der Waals surface area contributed by atoms with Gasteiger partial charge in [-0.05, 0) is 13.0 Å². The highest BCUT2D eigenvalue weighted by Gasteiger charge is 2.16. The number of aliphatic hydroxyl groups excluding tert-OH is 1. The maximum Gasteiger partial charge on any atom is 0.129 e. The molecule has 0 saturated heterocycles. The number of halogens is 1. The first-order valence-corrected chi connectivity index (χ1v) is 6.51. The maximum absolute atomic E-state index is 9.26.